The summed E-state index contributed by atoms with van der Waals surface area (Å²) in [5, 5.41) is 14.3. The van der Waals surface area contributed by atoms with Gasteiger partial charge in [-0.2, -0.15) is 10.1 Å². The summed E-state index contributed by atoms with van der Waals surface area (Å²) in [5.74, 6) is 1.18. The van der Waals surface area contributed by atoms with E-state index in [1.165, 1.54) is 4.68 Å². The molecule has 2 aromatic heterocycles. The van der Waals surface area contributed by atoms with Crippen molar-refractivity contribution in [3.63, 3.8) is 0 Å². The zero-order chi connectivity index (χ0) is 21.8. The van der Waals surface area contributed by atoms with E-state index in [-0.39, 0.29) is 24.2 Å². The van der Waals surface area contributed by atoms with E-state index in [1.807, 2.05) is 61.5 Å². The van der Waals surface area contributed by atoms with Crippen molar-refractivity contribution in [1.82, 2.24) is 25.2 Å². The first-order valence-corrected chi connectivity index (χ1v) is 9.81. The van der Waals surface area contributed by atoms with Gasteiger partial charge in [-0.05, 0) is 12.5 Å². The SMILES string of the molecule is CNc1nn(CC(=O)NCc2ccccc2)c(N)c1-c1nc(-c2ccc(C)cc2)no1. The van der Waals surface area contributed by atoms with Crippen molar-refractivity contribution in [3.8, 4) is 22.8 Å². The fourth-order valence-corrected chi connectivity index (χ4v) is 3.11. The van der Waals surface area contributed by atoms with Gasteiger partial charge in [0, 0.05) is 19.2 Å². The van der Waals surface area contributed by atoms with Crippen LogP contribution in [-0.2, 0) is 17.9 Å². The molecule has 0 aliphatic heterocycles. The fourth-order valence-electron chi connectivity index (χ4n) is 3.11. The van der Waals surface area contributed by atoms with Gasteiger partial charge in [-0.1, -0.05) is 65.3 Å². The first-order valence-electron chi connectivity index (χ1n) is 9.81. The third kappa shape index (κ3) is 4.40. The van der Waals surface area contributed by atoms with Gasteiger partial charge < -0.3 is 20.9 Å². The van der Waals surface area contributed by atoms with E-state index in [9.17, 15) is 4.79 Å². The van der Waals surface area contributed by atoms with Crippen molar-refractivity contribution >= 4 is 17.5 Å². The van der Waals surface area contributed by atoms with E-state index in [0.717, 1.165) is 16.7 Å². The summed E-state index contributed by atoms with van der Waals surface area (Å²) >= 11 is 0. The monoisotopic (exact) mass is 417 g/mol. The first kappa shape index (κ1) is 20.1. The van der Waals surface area contributed by atoms with Gasteiger partial charge in [0.15, 0.2) is 5.82 Å². The number of carbonyl (C=O) groups is 1. The van der Waals surface area contributed by atoms with Crippen LogP contribution in [0.15, 0.2) is 59.1 Å². The lowest BCUT2D eigenvalue weighted by Crippen LogP contribution is -2.28. The molecule has 31 heavy (non-hydrogen) atoms. The number of nitrogens with one attached hydrogen (secondary N) is 2. The summed E-state index contributed by atoms with van der Waals surface area (Å²) in [6, 6.07) is 17.5. The third-order valence-electron chi connectivity index (χ3n) is 4.80. The van der Waals surface area contributed by atoms with Gasteiger partial charge in [0.1, 0.15) is 17.9 Å². The van der Waals surface area contributed by atoms with E-state index in [4.69, 9.17) is 10.3 Å². The summed E-state index contributed by atoms with van der Waals surface area (Å²) in [5.41, 5.74) is 9.73. The van der Waals surface area contributed by atoms with E-state index in [1.54, 1.807) is 7.05 Å². The Morgan fingerprint density at radius 1 is 1.13 bits per heavy atom. The lowest BCUT2D eigenvalue weighted by atomic mass is 10.1. The van der Waals surface area contributed by atoms with Crippen LogP contribution >= 0.6 is 0 Å². The molecule has 0 aliphatic rings. The Balaban J connectivity index is 1.53. The lowest BCUT2D eigenvalue weighted by Gasteiger charge is -2.06. The Morgan fingerprint density at radius 3 is 2.58 bits per heavy atom. The van der Waals surface area contributed by atoms with Crippen molar-refractivity contribution in [3.05, 3.63) is 65.7 Å². The van der Waals surface area contributed by atoms with Gasteiger partial charge in [-0.25, -0.2) is 4.68 Å². The van der Waals surface area contributed by atoms with Gasteiger partial charge in [0.05, 0.1) is 0 Å². The molecule has 0 atom stereocenters. The second kappa shape index (κ2) is 8.70. The molecular weight excluding hydrogens is 394 g/mol. The highest BCUT2D eigenvalue weighted by molar-refractivity contribution is 5.82. The molecule has 4 N–H and O–H groups in total. The number of amides is 1. The van der Waals surface area contributed by atoms with Crippen molar-refractivity contribution < 1.29 is 9.32 Å². The van der Waals surface area contributed by atoms with Crippen LogP contribution in [0.25, 0.3) is 22.8 Å². The lowest BCUT2D eigenvalue weighted by molar-refractivity contribution is -0.121. The number of nitrogen functional groups attached to an aromatic ring is 1. The Kier molecular flexibility index (Phi) is 5.65. The number of aromatic nitrogens is 4. The number of rotatable bonds is 7. The number of nitrogens with two attached hydrogens (primary N) is 1. The molecule has 2 heterocycles. The number of hydrogen-bond acceptors (Lipinski definition) is 7. The maximum absolute atomic E-state index is 12.4. The average Bonchev–Trinajstić information content (AvgIpc) is 3.38. The molecule has 0 radical (unpaired) electrons. The molecule has 0 saturated carbocycles. The molecule has 4 aromatic rings. The van der Waals surface area contributed by atoms with Crippen LogP contribution in [0.2, 0.25) is 0 Å². The minimum absolute atomic E-state index is 0.0354. The summed E-state index contributed by atoms with van der Waals surface area (Å²) in [6.45, 7) is 2.40. The maximum atomic E-state index is 12.4. The zero-order valence-electron chi connectivity index (χ0n) is 17.3. The number of benzene rings is 2. The second-order valence-electron chi connectivity index (χ2n) is 7.07. The highest BCUT2D eigenvalue weighted by Crippen LogP contribution is 2.33. The Bertz CT molecular complexity index is 1180. The van der Waals surface area contributed by atoms with Gasteiger partial charge in [0.2, 0.25) is 11.7 Å². The van der Waals surface area contributed by atoms with Gasteiger partial charge in [-0.15, -0.1) is 0 Å². The molecule has 9 nitrogen and oxygen atoms in total. The van der Waals surface area contributed by atoms with Crippen molar-refractivity contribution in [2.75, 3.05) is 18.1 Å². The average molecular weight is 417 g/mol. The number of anilines is 2. The predicted molar refractivity (Wildman–Crippen MR) is 118 cm³/mol. The Morgan fingerprint density at radius 2 is 1.87 bits per heavy atom. The molecule has 0 spiro atoms. The Hall–Kier alpha value is -4.14. The molecule has 0 bridgehead atoms. The van der Waals surface area contributed by atoms with E-state index in [2.05, 4.69) is 25.9 Å². The number of carbonyl (C=O) groups excluding carboxylic acids is 1. The van der Waals surface area contributed by atoms with Crippen LogP contribution in [0.3, 0.4) is 0 Å². The fraction of sp³-hybridized carbons (Fsp3) is 0.182. The van der Waals surface area contributed by atoms with E-state index < -0.39 is 0 Å². The summed E-state index contributed by atoms with van der Waals surface area (Å²) < 4.78 is 6.86. The number of aryl methyl sites for hydroxylation is 1. The molecule has 4 rings (SSSR count). The highest BCUT2D eigenvalue weighted by Gasteiger charge is 2.23. The van der Waals surface area contributed by atoms with Gasteiger partial charge in [-0.3, -0.25) is 4.79 Å². The molecule has 0 fully saturated rings. The number of nitrogens with zero attached hydrogens (tertiary/aromatic N) is 4. The molecule has 2 aromatic carbocycles. The second-order valence-corrected chi connectivity index (χ2v) is 7.07. The van der Waals surface area contributed by atoms with Crippen LogP contribution in [0.4, 0.5) is 11.6 Å². The standard InChI is InChI=1S/C22H23N7O2/c1-14-8-10-16(11-9-14)20-26-22(31-28-20)18-19(23)29(27-21(18)24-2)13-17(30)25-12-15-6-4-3-5-7-15/h3-11H,12-13,23H2,1-2H3,(H,24,27)(H,25,30). The molecular formula is C22H23N7O2. The molecule has 0 unspecified atom stereocenters. The van der Waals surface area contributed by atoms with Gasteiger partial charge in [0.25, 0.3) is 5.89 Å². The van der Waals surface area contributed by atoms with Crippen molar-refractivity contribution in [2.24, 2.45) is 0 Å². The minimum Gasteiger partial charge on any atom is -0.383 e. The maximum Gasteiger partial charge on any atom is 0.265 e. The first-order chi connectivity index (χ1) is 15.0. The van der Waals surface area contributed by atoms with Crippen molar-refractivity contribution in [2.45, 2.75) is 20.0 Å². The van der Waals surface area contributed by atoms with Crippen LogP contribution in [0.5, 0.6) is 0 Å². The highest BCUT2D eigenvalue weighted by atomic mass is 16.5. The number of hydrogen-bond donors (Lipinski definition) is 3. The topological polar surface area (TPSA) is 124 Å². The predicted octanol–water partition coefficient (Wildman–Crippen LogP) is 2.85. The van der Waals surface area contributed by atoms with Gasteiger partial charge >= 0.3 is 0 Å². The third-order valence-corrected chi connectivity index (χ3v) is 4.80. The summed E-state index contributed by atoms with van der Waals surface area (Å²) in [4.78, 5) is 16.9. The van der Waals surface area contributed by atoms with Crippen LogP contribution < -0.4 is 16.4 Å². The zero-order valence-corrected chi connectivity index (χ0v) is 17.3. The molecule has 0 saturated heterocycles. The molecule has 0 aliphatic carbocycles. The Labute approximate surface area is 179 Å². The van der Waals surface area contributed by atoms with E-state index in [0.29, 0.717) is 23.8 Å². The molecule has 9 heteroatoms. The van der Waals surface area contributed by atoms with E-state index >= 15 is 0 Å². The largest absolute Gasteiger partial charge is 0.383 e. The van der Waals surface area contributed by atoms with Crippen LogP contribution in [0, 0.1) is 6.92 Å². The van der Waals surface area contributed by atoms with Crippen molar-refractivity contribution in [1.29, 1.82) is 0 Å². The van der Waals surface area contributed by atoms with Crippen LogP contribution in [0.1, 0.15) is 11.1 Å². The minimum atomic E-state index is -0.210. The van der Waals surface area contributed by atoms with Crippen LogP contribution in [-0.4, -0.2) is 32.9 Å². The normalized spacial score (nSPS) is 10.8. The molecule has 158 valence electrons. The molecule has 1 amide bonds. The summed E-state index contributed by atoms with van der Waals surface area (Å²) in [6.07, 6.45) is 0. The quantitative estimate of drug-likeness (QED) is 0.422. The summed E-state index contributed by atoms with van der Waals surface area (Å²) in [7, 11) is 1.71. The smallest absolute Gasteiger partial charge is 0.265 e.